The van der Waals surface area contributed by atoms with Crippen LogP contribution in [0.25, 0.3) is 10.2 Å². The SMILES string of the molecule is COc1ccc(NC(=O)CCc2nc3sc4c(c3c(=O)[nH]2)CC[C@@H](C(C)(C)C)C4)c(OC)c1. The standard InChI is InChI=1S/C25H31N3O4S/c1-25(2,3)14-6-8-16-19(12-14)33-24-22(16)23(30)27-20(28-24)10-11-21(29)26-17-9-7-15(31-4)13-18(17)32-5/h7,9,13-14H,6,8,10-12H2,1-5H3,(H,26,29)(H,27,28,30)/t14-/m1/s1. The molecule has 33 heavy (non-hydrogen) atoms. The molecule has 0 saturated heterocycles. The number of carbonyl (C=O) groups excluding carboxylic acids is 1. The largest absolute Gasteiger partial charge is 0.497 e. The van der Waals surface area contributed by atoms with E-state index in [2.05, 4.69) is 31.1 Å². The monoisotopic (exact) mass is 469 g/mol. The average molecular weight is 470 g/mol. The quantitative estimate of drug-likeness (QED) is 0.545. The first-order valence-electron chi connectivity index (χ1n) is 11.2. The first-order valence-corrected chi connectivity index (χ1v) is 12.1. The molecule has 7 nitrogen and oxygen atoms in total. The topological polar surface area (TPSA) is 93.3 Å². The number of methoxy groups -OCH3 is 2. The van der Waals surface area contributed by atoms with E-state index in [-0.39, 0.29) is 23.3 Å². The van der Waals surface area contributed by atoms with Crippen LogP contribution >= 0.6 is 11.3 Å². The number of nitrogens with zero attached hydrogens (tertiary/aromatic N) is 1. The molecule has 2 heterocycles. The molecule has 1 aliphatic rings. The Morgan fingerprint density at radius 2 is 2.06 bits per heavy atom. The zero-order valence-corrected chi connectivity index (χ0v) is 20.6. The van der Waals surface area contributed by atoms with E-state index in [9.17, 15) is 9.59 Å². The third-order valence-corrected chi connectivity index (χ3v) is 7.61. The van der Waals surface area contributed by atoms with Gasteiger partial charge >= 0.3 is 0 Å². The number of hydrogen-bond acceptors (Lipinski definition) is 6. The number of anilines is 1. The highest BCUT2D eigenvalue weighted by atomic mass is 32.1. The molecular weight excluding hydrogens is 438 g/mol. The summed E-state index contributed by atoms with van der Waals surface area (Å²) in [5.74, 6) is 2.13. The Hall–Kier alpha value is -2.87. The Morgan fingerprint density at radius 1 is 1.27 bits per heavy atom. The van der Waals surface area contributed by atoms with Crippen molar-refractivity contribution >= 4 is 33.1 Å². The van der Waals surface area contributed by atoms with Gasteiger partial charge in [-0.15, -0.1) is 11.3 Å². The number of carbonyl (C=O) groups is 1. The Morgan fingerprint density at radius 3 is 2.76 bits per heavy atom. The van der Waals surface area contributed by atoms with Crippen molar-refractivity contribution in [3.8, 4) is 11.5 Å². The fourth-order valence-electron chi connectivity index (χ4n) is 4.43. The first-order chi connectivity index (χ1) is 15.7. The molecule has 4 rings (SSSR count). The molecule has 0 fully saturated rings. The summed E-state index contributed by atoms with van der Waals surface area (Å²) in [6, 6.07) is 5.21. The van der Waals surface area contributed by atoms with Crippen molar-refractivity contribution in [3.63, 3.8) is 0 Å². The number of aromatic amines is 1. The smallest absolute Gasteiger partial charge is 0.259 e. The maximum atomic E-state index is 12.9. The molecule has 0 bridgehead atoms. The summed E-state index contributed by atoms with van der Waals surface area (Å²) in [4.78, 5) is 35.1. The third kappa shape index (κ3) is 4.90. The lowest BCUT2D eigenvalue weighted by atomic mass is 9.72. The second-order valence-electron chi connectivity index (χ2n) is 9.62. The van der Waals surface area contributed by atoms with Crippen LogP contribution in [0.4, 0.5) is 5.69 Å². The highest BCUT2D eigenvalue weighted by molar-refractivity contribution is 7.18. The maximum Gasteiger partial charge on any atom is 0.259 e. The van der Waals surface area contributed by atoms with Gasteiger partial charge in [-0.1, -0.05) is 20.8 Å². The predicted octanol–water partition coefficient (Wildman–Crippen LogP) is 4.72. The number of rotatable bonds is 6. The summed E-state index contributed by atoms with van der Waals surface area (Å²) in [6.45, 7) is 6.85. The van der Waals surface area contributed by atoms with Crippen molar-refractivity contribution in [1.82, 2.24) is 9.97 Å². The Kier molecular flexibility index (Phi) is 6.47. The molecule has 1 aromatic carbocycles. The van der Waals surface area contributed by atoms with Gasteiger partial charge in [0.2, 0.25) is 5.91 Å². The molecule has 0 spiro atoms. The van der Waals surface area contributed by atoms with Crippen molar-refractivity contribution in [2.45, 2.75) is 52.9 Å². The van der Waals surface area contributed by atoms with Crippen LogP contribution < -0.4 is 20.3 Å². The number of amides is 1. The molecule has 0 saturated carbocycles. The molecule has 0 aliphatic heterocycles. The summed E-state index contributed by atoms with van der Waals surface area (Å²) in [5, 5.41) is 3.59. The predicted molar refractivity (Wildman–Crippen MR) is 132 cm³/mol. The number of hydrogen-bond donors (Lipinski definition) is 2. The van der Waals surface area contributed by atoms with Crippen molar-refractivity contribution < 1.29 is 14.3 Å². The highest BCUT2D eigenvalue weighted by Gasteiger charge is 2.31. The van der Waals surface area contributed by atoms with Crippen molar-refractivity contribution in [1.29, 1.82) is 0 Å². The van der Waals surface area contributed by atoms with Gasteiger partial charge in [-0.2, -0.15) is 0 Å². The fourth-order valence-corrected chi connectivity index (χ4v) is 5.75. The van der Waals surface area contributed by atoms with E-state index in [4.69, 9.17) is 14.5 Å². The summed E-state index contributed by atoms with van der Waals surface area (Å²) < 4.78 is 10.5. The number of nitrogens with one attached hydrogen (secondary N) is 2. The van der Waals surface area contributed by atoms with Gasteiger partial charge in [0.25, 0.3) is 5.56 Å². The van der Waals surface area contributed by atoms with Crippen molar-refractivity contribution in [3.05, 3.63) is 44.8 Å². The molecule has 8 heteroatoms. The molecule has 0 radical (unpaired) electrons. The average Bonchev–Trinajstić information content (AvgIpc) is 3.15. The van der Waals surface area contributed by atoms with Crippen LogP contribution in [0.15, 0.2) is 23.0 Å². The fraction of sp³-hybridized carbons (Fsp3) is 0.480. The second kappa shape index (κ2) is 9.17. The summed E-state index contributed by atoms with van der Waals surface area (Å²) in [6.07, 6.45) is 3.57. The summed E-state index contributed by atoms with van der Waals surface area (Å²) in [7, 11) is 3.11. The van der Waals surface area contributed by atoms with Crippen LogP contribution in [0.2, 0.25) is 0 Å². The number of aryl methyl sites for hydroxylation is 2. The van der Waals surface area contributed by atoms with Gasteiger partial charge in [-0.3, -0.25) is 9.59 Å². The van der Waals surface area contributed by atoms with E-state index >= 15 is 0 Å². The van der Waals surface area contributed by atoms with Crippen LogP contribution in [0.3, 0.4) is 0 Å². The number of aromatic nitrogens is 2. The van der Waals surface area contributed by atoms with E-state index in [0.29, 0.717) is 35.3 Å². The van der Waals surface area contributed by atoms with Crippen LogP contribution in [-0.2, 0) is 24.1 Å². The lowest BCUT2D eigenvalue weighted by Crippen LogP contribution is -2.26. The van der Waals surface area contributed by atoms with Gasteiger partial charge in [0.15, 0.2) is 0 Å². The molecule has 2 N–H and O–H groups in total. The minimum atomic E-state index is -0.181. The van der Waals surface area contributed by atoms with E-state index in [1.165, 1.54) is 10.4 Å². The number of benzene rings is 1. The number of fused-ring (bicyclic) bond motifs is 3. The number of ether oxygens (including phenoxy) is 2. The molecule has 1 amide bonds. The van der Waals surface area contributed by atoms with E-state index in [1.807, 2.05) is 0 Å². The van der Waals surface area contributed by atoms with Gasteiger partial charge in [-0.25, -0.2) is 4.98 Å². The van der Waals surface area contributed by atoms with Gasteiger partial charge in [0.1, 0.15) is 22.2 Å². The lowest BCUT2D eigenvalue weighted by molar-refractivity contribution is -0.116. The van der Waals surface area contributed by atoms with E-state index in [1.54, 1.807) is 43.8 Å². The Balaban J connectivity index is 1.48. The first kappa shape index (κ1) is 23.3. The number of thiophene rings is 1. The molecule has 176 valence electrons. The van der Waals surface area contributed by atoms with Gasteiger partial charge < -0.3 is 19.8 Å². The zero-order chi connectivity index (χ0) is 23.8. The molecule has 3 aromatic rings. The highest BCUT2D eigenvalue weighted by Crippen LogP contribution is 2.42. The lowest BCUT2D eigenvalue weighted by Gasteiger charge is -2.33. The molecular formula is C25H31N3O4S. The number of H-pyrrole nitrogens is 1. The van der Waals surface area contributed by atoms with Crippen LogP contribution in [0.1, 0.15) is 49.9 Å². The van der Waals surface area contributed by atoms with Gasteiger partial charge in [0.05, 0.1) is 25.3 Å². The second-order valence-corrected chi connectivity index (χ2v) is 10.7. The van der Waals surface area contributed by atoms with E-state index < -0.39 is 0 Å². The Bertz CT molecular complexity index is 1240. The summed E-state index contributed by atoms with van der Waals surface area (Å²) in [5.41, 5.74) is 1.89. The van der Waals surface area contributed by atoms with Crippen molar-refractivity contribution in [2.24, 2.45) is 11.3 Å². The van der Waals surface area contributed by atoms with Gasteiger partial charge in [-0.05, 0) is 48.3 Å². The zero-order valence-electron chi connectivity index (χ0n) is 19.8. The third-order valence-electron chi connectivity index (χ3n) is 6.46. The maximum absolute atomic E-state index is 12.9. The van der Waals surface area contributed by atoms with Crippen LogP contribution in [0, 0.1) is 11.3 Å². The normalized spacial score (nSPS) is 15.8. The molecule has 0 unspecified atom stereocenters. The van der Waals surface area contributed by atoms with Crippen molar-refractivity contribution in [2.75, 3.05) is 19.5 Å². The van der Waals surface area contributed by atoms with Crippen LogP contribution in [0.5, 0.6) is 11.5 Å². The Labute approximate surface area is 197 Å². The molecule has 1 aliphatic carbocycles. The van der Waals surface area contributed by atoms with E-state index in [0.717, 1.165) is 29.5 Å². The minimum absolute atomic E-state index is 0.0982. The molecule has 1 atom stereocenters. The molecule has 2 aromatic heterocycles. The summed E-state index contributed by atoms with van der Waals surface area (Å²) >= 11 is 1.63. The van der Waals surface area contributed by atoms with Crippen LogP contribution in [-0.4, -0.2) is 30.1 Å². The van der Waals surface area contributed by atoms with Gasteiger partial charge in [0, 0.05) is 23.8 Å². The minimum Gasteiger partial charge on any atom is -0.497 e.